The molecule has 0 spiro atoms. The summed E-state index contributed by atoms with van der Waals surface area (Å²) >= 11 is 3.47. The second-order valence-corrected chi connectivity index (χ2v) is 9.96. The lowest BCUT2D eigenvalue weighted by molar-refractivity contribution is -0.110. The molecule has 3 heterocycles. The minimum absolute atomic E-state index is 0.0483. The highest BCUT2D eigenvalue weighted by Gasteiger charge is 2.24. The first-order chi connectivity index (χ1) is 17.2. The van der Waals surface area contributed by atoms with Crippen molar-refractivity contribution in [2.45, 2.75) is 40.5 Å². The molecule has 1 amide bonds. The van der Waals surface area contributed by atoms with Crippen LogP contribution in [0.1, 0.15) is 48.3 Å². The summed E-state index contributed by atoms with van der Waals surface area (Å²) in [7, 11) is 6.29. The first-order valence-corrected chi connectivity index (χ1v) is 13.2. The van der Waals surface area contributed by atoms with E-state index >= 15 is 0 Å². The zero-order chi connectivity index (χ0) is 27.3. The highest BCUT2D eigenvalue weighted by Crippen LogP contribution is 2.35. The fourth-order valence-corrected chi connectivity index (χ4v) is 4.19. The first-order valence-electron chi connectivity index (χ1n) is 12.4. The first kappa shape index (κ1) is 31.8. The number of aryl methyl sites for hydroxylation is 1. The van der Waals surface area contributed by atoms with Gasteiger partial charge in [0, 0.05) is 40.2 Å². The van der Waals surface area contributed by atoms with Gasteiger partial charge >= 0.3 is 0 Å². The number of ether oxygens (including phenoxy) is 1. The molecule has 2 aliphatic heterocycles. The van der Waals surface area contributed by atoms with Crippen LogP contribution in [-0.2, 0) is 20.7 Å². The minimum Gasteiger partial charge on any atom is -0.379 e. The number of anilines is 1. The van der Waals surface area contributed by atoms with E-state index in [1.807, 2.05) is 31.1 Å². The molecule has 1 saturated heterocycles. The summed E-state index contributed by atoms with van der Waals surface area (Å²) in [6.07, 6.45) is 4.17. The third kappa shape index (κ3) is 9.65. The fraction of sp³-hybridized carbons (Fsp3) is 0.500. The molecule has 4 rings (SSSR count). The maximum atomic E-state index is 12.2. The van der Waals surface area contributed by atoms with E-state index in [9.17, 15) is 4.79 Å². The molecule has 2 aromatic rings. The van der Waals surface area contributed by atoms with Crippen LogP contribution in [0.2, 0.25) is 0 Å². The van der Waals surface area contributed by atoms with E-state index in [1.165, 1.54) is 29.8 Å². The molecule has 1 aromatic heterocycles. The molecule has 0 bridgehead atoms. The van der Waals surface area contributed by atoms with Crippen LogP contribution >= 0.6 is 15.9 Å². The maximum absolute atomic E-state index is 12.2. The number of fused-ring (bicyclic) bond motifs is 1. The molecule has 2 aliphatic rings. The average Bonchev–Trinajstić information content (AvgIpc) is 3.31. The third-order valence-corrected chi connectivity index (χ3v) is 6.51. The van der Waals surface area contributed by atoms with Crippen molar-refractivity contribution in [2.75, 3.05) is 59.3 Å². The van der Waals surface area contributed by atoms with Gasteiger partial charge in [-0.05, 0) is 89.8 Å². The van der Waals surface area contributed by atoms with Crippen molar-refractivity contribution in [3.8, 4) is 0 Å². The maximum Gasteiger partial charge on any atom is 0.256 e. The zero-order valence-corrected chi connectivity index (χ0v) is 24.5. The summed E-state index contributed by atoms with van der Waals surface area (Å²) in [6.45, 7) is 15.7. The molecule has 0 unspecified atom stereocenters. The summed E-state index contributed by atoms with van der Waals surface area (Å²) in [6, 6.07) is 5.83. The Balaban J connectivity index is 0.000000355. The number of carbonyl (C=O) groups excluding carboxylic acids is 2. The lowest BCUT2D eigenvalue weighted by atomic mass is 10.0. The number of amides is 1. The van der Waals surface area contributed by atoms with E-state index < -0.39 is 0 Å². The molecule has 200 valence electrons. The molecule has 0 atom stereocenters. The molecule has 1 fully saturated rings. The van der Waals surface area contributed by atoms with Crippen LogP contribution in [0.3, 0.4) is 0 Å². The number of H-pyrrole nitrogens is 1. The van der Waals surface area contributed by atoms with Crippen molar-refractivity contribution in [1.29, 1.82) is 0 Å². The predicted molar refractivity (Wildman–Crippen MR) is 155 cm³/mol. The van der Waals surface area contributed by atoms with Crippen LogP contribution in [0.15, 0.2) is 22.7 Å². The van der Waals surface area contributed by atoms with Gasteiger partial charge in [0.15, 0.2) is 0 Å². The minimum atomic E-state index is -0.0483. The van der Waals surface area contributed by atoms with Crippen molar-refractivity contribution in [3.05, 3.63) is 50.8 Å². The van der Waals surface area contributed by atoms with Crippen LogP contribution in [0.5, 0.6) is 0 Å². The summed E-state index contributed by atoms with van der Waals surface area (Å²) < 4.78 is 6.07. The summed E-state index contributed by atoms with van der Waals surface area (Å²) in [5.74, 6) is -0.0483. The summed E-state index contributed by atoms with van der Waals surface area (Å²) in [5.41, 5.74) is 7.24. The second kappa shape index (κ2) is 16.5. The Labute approximate surface area is 225 Å². The molecule has 36 heavy (non-hydrogen) atoms. The number of hydrogen-bond acceptors (Lipinski definition) is 5. The summed E-state index contributed by atoms with van der Waals surface area (Å²) in [4.78, 5) is 28.1. The van der Waals surface area contributed by atoms with E-state index in [0.717, 1.165) is 54.1 Å². The third-order valence-electron chi connectivity index (χ3n) is 6.02. The Morgan fingerprint density at radius 3 is 2.22 bits per heavy atom. The van der Waals surface area contributed by atoms with Gasteiger partial charge in [-0.1, -0.05) is 29.8 Å². The predicted octanol–water partition coefficient (Wildman–Crippen LogP) is 5.17. The highest BCUT2D eigenvalue weighted by molar-refractivity contribution is 9.10. The Morgan fingerprint density at radius 1 is 1.14 bits per heavy atom. The van der Waals surface area contributed by atoms with Gasteiger partial charge in [-0.3, -0.25) is 4.79 Å². The molecule has 7 nitrogen and oxygen atoms in total. The van der Waals surface area contributed by atoms with Crippen LogP contribution < -0.4 is 5.32 Å². The standard InChI is InChI=1S/C17H17BrN2O.C5H11NO.C5H13N.CH2O/c1-4-14-9(2)10(3)16(19-14)8-13-12-7-11(18)5-6-15(12)20-17(13)21;1-6-2-4-7-5-3-6;1-4-5-6(2)3;1-2/h5-8,19H,4H2,1-3H3,(H,20,21);2-5H2,1H3;4-5H2,1-3H3;1H2/b13-8-;;;. The van der Waals surface area contributed by atoms with Gasteiger partial charge < -0.3 is 29.6 Å². The van der Waals surface area contributed by atoms with Gasteiger partial charge in [-0.25, -0.2) is 0 Å². The Kier molecular flexibility index (Phi) is 14.5. The smallest absolute Gasteiger partial charge is 0.256 e. The normalized spacial score (nSPS) is 15.7. The largest absolute Gasteiger partial charge is 0.379 e. The number of hydrogen-bond donors (Lipinski definition) is 2. The Hall–Kier alpha value is -2.26. The van der Waals surface area contributed by atoms with Crippen LogP contribution in [0, 0.1) is 13.8 Å². The number of morpholine rings is 1. The van der Waals surface area contributed by atoms with E-state index in [0.29, 0.717) is 5.57 Å². The van der Waals surface area contributed by atoms with Gasteiger partial charge in [0.05, 0.1) is 18.8 Å². The molecular weight excluding hydrogens is 520 g/mol. The number of benzene rings is 1. The van der Waals surface area contributed by atoms with Crippen molar-refractivity contribution in [2.24, 2.45) is 0 Å². The SMILES string of the molecule is C=O.CCCN(C)C.CCc1[nH]c(/C=C2\C(=O)Nc3ccc(Br)cc32)c(C)c1C.CN1CCOCC1. The van der Waals surface area contributed by atoms with E-state index in [1.54, 1.807) is 0 Å². The van der Waals surface area contributed by atoms with E-state index in [4.69, 9.17) is 9.53 Å². The number of rotatable bonds is 4. The number of carbonyl (C=O) groups is 2. The fourth-order valence-electron chi connectivity index (χ4n) is 3.83. The van der Waals surface area contributed by atoms with Crippen molar-refractivity contribution < 1.29 is 14.3 Å². The average molecular weight is 564 g/mol. The van der Waals surface area contributed by atoms with Gasteiger partial charge in [0.1, 0.15) is 6.79 Å². The quantitative estimate of drug-likeness (QED) is 0.502. The van der Waals surface area contributed by atoms with Gasteiger partial charge in [-0.2, -0.15) is 0 Å². The molecule has 0 radical (unpaired) electrons. The van der Waals surface area contributed by atoms with Crippen molar-refractivity contribution in [1.82, 2.24) is 14.8 Å². The van der Waals surface area contributed by atoms with E-state index in [-0.39, 0.29) is 5.91 Å². The number of nitrogens with zero attached hydrogens (tertiary/aromatic N) is 2. The number of halogens is 1. The second-order valence-electron chi connectivity index (χ2n) is 9.04. The Bertz CT molecular complexity index is 995. The topological polar surface area (TPSA) is 77.7 Å². The Morgan fingerprint density at radius 2 is 1.78 bits per heavy atom. The lowest BCUT2D eigenvalue weighted by Gasteiger charge is -2.21. The lowest BCUT2D eigenvalue weighted by Crippen LogP contribution is -2.32. The van der Waals surface area contributed by atoms with Gasteiger partial charge in [0.25, 0.3) is 5.91 Å². The van der Waals surface area contributed by atoms with Gasteiger partial charge in [0.2, 0.25) is 0 Å². The van der Waals surface area contributed by atoms with Crippen LogP contribution in [0.4, 0.5) is 5.69 Å². The van der Waals surface area contributed by atoms with E-state index in [2.05, 4.69) is 84.9 Å². The van der Waals surface area contributed by atoms with Crippen LogP contribution in [0.25, 0.3) is 11.6 Å². The molecule has 8 heteroatoms. The monoisotopic (exact) mass is 562 g/mol. The molecule has 2 N–H and O–H groups in total. The number of likely N-dealkylation sites (N-methyl/N-ethyl adjacent to an activating group) is 1. The van der Waals surface area contributed by atoms with Crippen LogP contribution in [-0.4, -0.2) is 81.5 Å². The number of nitrogens with one attached hydrogen (secondary N) is 2. The molecule has 0 aliphatic carbocycles. The van der Waals surface area contributed by atoms with Crippen molar-refractivity contribution in [3.63, 3.8) is 0 Å². The van der Waals surface area contributed by atoms with Gasteiger partial charge in [-0.15, -0.1) is 0 Å². The molecule has 0 saturated carbocycles. The number of aromatic nitrogens is 1. The molecule has 1 aromatic carbocycles. The van der Waals surface area contributed by atoms with Crippen molar-refractivity contribution >= 4 is 46.0 Å². The zero-order valence-electron chi connectivity index (χ0n) is 23.0. The highest BCUT2D eigenvalue weighted by atomic mass is 79.9. The number of aromatic amines is 1. The summed E-state index contributed by atoms with van der Waals surface area (Å²) in [5, 5.41) is 2.91. The molecular formula is C28H43BrN4O3.